The van der Waals surface area contributed by atoms with Crippen molar-refractivity contribution in [2.24, 2.45) is 4.99 Å². The van der Waals surface area contributed by atoms with E-state index in [1.54, 1.807) is 67.6 Å². The molecule has 0 amide bonds. The molecule has 0 unspecified atom stereocenters. The molecule has 0 aliphatic heterocycles. The molecule has 2 heterocycles. The third-order valence-corrected chi connectivity index (χ3v) is 5.42. The van der Waals surface area contributed by atoms with Crippen LogP contribution in [0, 0.1) is 0 Å². The lowest BCUT2D eigenvalue weighted by molar-refractivity contribution is 0.0593. The molecule has 2 aromatic heterocycles. The molecular weight excluding hydrogens is 486 g/mol. The van der Waals surface area contributed by atoms with E-state index >= 15 is 0 Å². The second-order valence-corrected chi connectivity index (χ2v) is 7.99. The maximum atomic E-state index is 13.0. The number of H-pyrrole nitrogens is 1. The predicted octanol–water partition coefficient (Wildman–Crippen LogP) is 3.27. The van der Waals surface area contributed by atoms with Crippen LogP contribution in [0.4, 0.5) is 5.69 Å². The van der Waals surface area contributed by atoms with Crippen LogP contribution in [0.25, 0.3) is 0 Å². The molecular formula is C25H22ClN5O5. The summed E-state index contributed by atoms with van der Waals surface area (Å²) < 4.78 is 12.9. The smallest absolute Gasteiger partial charge is 0.356 e. The molecule has 11 heteroatoms. The van der Waals surface area contributed by atoms with E-state index in [4.69, 9.17) is 16.3 Å². The van der Waals surface area contributed by atoms with Gasteiger partial charge in [-0.3, -0.25) is 9.55 Å². The van der Waals surface area contributed by atoms with Crippen molar-refractivity contribution in [1.29, 1.82) is 0 Å². The van der Waals surface area contributed by atoms with Crippen LogP contribution in [0.2, 0.25) is 5.02 Å². The van der Waals surface area contributed by atoms with Crippen molar-refractivity contribution in [2.45, 2.75) is 20.0 Å². The van der Waals surface area contributed by atoms with Crippen molar-refractivity contribution < 1.29 is 14.3 Å². The SMILES string of the molecule is CCn1c(=O)[nH]/c(=N\c2ccc(Oc3cccc(C(=O)OC)n3)cc2)n(Cc2ccc(Cl)cc2)c1=O. The van der Waals surface area contributed by atoms with Crippen molar-refractivity contribution in [1.82, 2.24) is 19.1 Å². The summed E-state index contributed by atoms with van der Waals surface area (Å²) >= 11 is 5.97. The standard InChI is InChI=1S/C25H22ClN5O5/c1-3-30-24(33)29-23(31(25(30)34)15-16-7-9-17(26)10-8-16)27-18-11-13-19(14-12-18)36-21-6-4-5-20(28-21)22(32)35-2/h4-14H,3,15H2,1-2H3,(H,27,29,33). The maximum Gasteiger partial charge on any atom is 0.356 e. The first-order valence-electron chi connectivity index (χ1n) is 10.9. The lowest BCUT2D eigenvalue weighted by Crippen LogP contribution is -2.49. The number of rotatable bonds is 7. The van der Waals surface area contributed by atoms with Gasteiger partial charge >= 0.3 is 17.3 Å². The number of esters is 1. The molecule has 2 aromatic carbocycles. The van der Waals surface area contributed by atoms with Gasteiger partial charge < -0.3 is 9.47 Å². The first-order chi connectivity index (χ1) is 17.4. The molecule has 1 N–H and O–H groups in total. The minimum atomic E-state index is -0.569. The molecule has 4 aromatic rings. The third-order valence-electron chi connectivity index (χ3n) is 5.16. The molecule has 0 fully saturated rings. The fraction of sp³-hybridized carbons (Fsp3) is 0.160. The first kappa shape index (κ1) is 24.7. The Morgan fingerprint density at radius 2 is 1.75 bits per heavy atom. The monoisotopic (exact) mass is 507 g/mol. The molecule has 0 aliphatic rings. The number of hydrogen-bond donors (Lipinski definition) is 1. The highest BCUT2D eigenvalue weighted by Crippen LogP contribution is 2.22. The molecule has 184 valence electrons. The fourth-order valence-corrected chi connectivity index (χ4v) is 3.48. The van der Waals surface area contributed by atoms with E-state index in [-0.39, 0.29) is 30.3 Å². The quantitative estimate of drug-likeness (QED) is 0.383. The van der Waals surface area contributed by atoms with Crippen molar-refractivity contribution >= 4 is 23.3 Å². The third kappa shape index (κ3) is 5.61. The van der Waals surface area contributed by atoms with E-state index in [9.17, 15) is 14.4 Å². The number of methoxy groups -OCH3 is 1. The van der Waals surface area contributed by atoms with Crippen LogP contribution in [-0.4, -0.2) is 32.2 Å². The number of hydrogen-bond acceptors (Lipinski definition) is 7. The van der Waals surface area contributed by atoms with Gasteiger partial charge in [0.05, 0.1) is 19.3 Å². The molecule has 0 saturated carbocycles. The summed E-state index contributed by atoms with van der Waals surface area (Å²) in [6.07, 6.45) is 0. The average Bonchev–Trinajstić information content (AvgIpc) is 2.88. The van der Waals surface area contributed by atoms with Gasteiger partial charge in [0.2, 0.25) is 11.5 Å². The van der Waals surface area contributed by atoms with Crippen LogP contribution in [0.3, 0.4) is 0 Å². The Bertz CT molecular complexity index is 1570. The van der Waals surface area contributed by atoms with E-state index in [1.807, 2.05) is 0 Å². The highest BCUT2D eigenvalue weighted by Gasteiger charge is 2.10. The lowest BCUT2D eigenvalue weighted by Gasteiger charge is -2.10. The second-order valence-electron chi connectivity index (χ2n) is 7.55. The van der Waals surface area contributed by atoms with Crippen molar-refractivity contribution in [3.8, 4) is 11.6 Å². The van der Waals surface area contributed by atoms with Gasteiger partial charge in [-0.05, 0) is 55.0 Å². The second kappa shape index (κ2) is 10.9. The Morgan fingerprint density at radius 1 is 1.03 bits per heavy atom. The molecule has 0 atom stereocenters. The molecule has 0 spiro atoms. The number of carbonyl (C=O) groups excluding carboxylic acids is 1. The van der Waals surface area contributed by atoms with Crippen LogP contribution in [0.15, 0.2) is 81.3 Å². The molecule has 0 aliphatic carbocycles. The number of aromatic nitrogens is 4. The normalized spacial score (nSPS) is 11.4. The van der Waals surface area contributed by atoms with Crippen LogP contribution in [0.1, 0.15) is 23.0 Å². The fourth-order valence-electron chi connectivity index (χ4n) is 3.36. The van der Waals surface area contributed by atoms with Gasteiger partial charge in [0.15, 0.2) is 5.69 Å². The Morgan fingerprint density at radius 3 is 2.42 bits per heavy atom. The zero-order valence-corrected chi connectivity index (χ0v) is 20.2. The van der Waals surface area contributed by atoms with Gasteiger partial charge in [0, 0.05) is 17.6 Å². The van der Waals surface area contributed by atoms with E-state index in [1.165, 1.54) is 17.7 Å². The van der Waals surface area contributed by atoms with Gasteiger partial charge in [-0.15, -0.1) is 0 Å². The summed E-state index contributed by atoms with van der Waals surface area (Å²) in [6.45, 7) is 2.12. The van der Waals surface area contributed by atoms with Crippen LogP contribution >= 0.6 is 11.6 Å². The molecule has 36 heavy (non-hydrogen) atoms. The number of carbonyl (C=O) groups is 1. The van der Waals surface area contributed by atoms with E-state index in [0.717, 1.165) is 10.1 Å². The van der Waals surface area contributed by atoms with Crippen LogP contribution in [-0.2, 0) is 17.8 Å². The molecule has 10 nitrogen and oxygen atoms in total. The van der Waals surface area contributed by atoms with Gasteiger partial charge in [-0.2, -0.15) is 0 Å². The zero-order chi connectivity index (χ0) is 25.7. The lowest BCUT2D eigenvalue weighted by atomic mass is 10.2. The number of nitrogens with one attached hydrogen (secondary N) is 1. The first-order valence-corrected chi connectivity index (χ1v) is 11.3. The predicted molar refractivity (Wildman–Crippen MR) is 133 cm³/mol. The summed E-state index contributed by atoms with van der Waals surface area (Å²) in [5, 5.41) is 0.579. The number of benzene rings is 2. The number of pyridine rings is 1. The summed E-state index contributed by atoms with van der Waals surface area (Å²) in [7, 11) is 1.27. The Kier molecular flexibility index (Phi) is 7.45. The van der Waals surface area contributed by atoms with Gasteiger partial charge in [-0.1, -0.05) is 29.8 Å². The molecule has 4 rings (SSSR count). The number of nitrogens with zero attached hydrogens (tertiary/aromatic N) is 4. The van der Waals surface area contributed by atoms with E-state index in [0.29, 0.717) is 16.5 Å². The van der Waals surface area contributed by atoms with E-state index in [2.05, 4.69) is 19.7 Å². The average molecular weight is 508 g/mol. The highest BCUT2D eigenvalue weighted by atomic mass is 35.5. The maximum absolute atomic E-state index is 13.0. The van der Waals surface area contributed by atoms with Crippen molar-refractivity contribution in [3.63, 3.8) is 0 Å². The number of ether oxygens (including phenoxy) is 2. The van der Waals surface area contributed by atoms with Gasteiger partial charge in [0.1, 0.15) is 5.75 Å². The minimum absolute atomic E-state index is 0.103. The van der Waals surface area contributed by atoms with Crippen molar-refractivity contribution in [2.75, 3.05) is 7.11 Å². The molecule has 0 radical (unpaired) electrons. The minimum Gasteiger partial charge on any atom is -0.464 e. The van der Waals surface area contributed by atoms with Crippen molar-refractivity contribution in [3.05, 3.63) is 110 Å². The Balaban J connectivity index is 1.66. The highest BCUT2D eigenvalue weighted by molar-refractivity contribution is 6.30. The summed E-state index contributed by atoms with van der Waals surface area (Å²) in [4.78, 5) is 48.4. The topological polar surface area (TPSA) is 121 Å². The summed E-state index contributed by atoms with van der Waals surface area (Å²) in [5.41, 5.74) is 0.492. The Labute approximate surface area is 210 Å². The number of aromatic amines is 1. The summed E-state index contributed by atoms with van der Waals surface area (Å²) in [5.74, 6) is 0.101. The number of halogens is 1. The van der Waals surface area contributed by atoms with Gasteiger partial charge in [-0.25, -0.2) is 28.9 Å². The van der Waals surface area contributed by atoms with Crippen LogP contribution < -0.4 is 21.7 Å². The van der Waals surface area contributed by atoms with Gasteiger partial charge in [0.25, 0.3) is 0 Å². The van der Waals surface area contributed by atoms with E-state index < -0.39 is 17.3 Å². The largest absolute Gasteiger partial charge is 0.464 e. The molecule has 0 bridgehead atoms. The molecule has 0 saturated heterocycles. The Hall–Kier alpha value is -4.44. The summed E-state index contributed by atoms with van der Waals surface area (Å²) in [6, 6.07) is 18.5. The van der Waals surface area contributed by atoms with Crippen LogP contribution in [0.5, 0.6) is 11.6 Å². The zero-order valence-electron chi connectivity index (χ0n) is 19.5.